The SMILES string of the molecule is COc1ccc([C@H]2CC23N=C(SCc2ccccc2)SC3=O)cc1OC(C)=O. The number of esters is 1. The van der Waals surface area contributed by atoms with Gasteiger partial charge in [0.15, 0.2) is 11.5 Å². The first-order valence-corrected chi connectivity index (χ1v) is 10.7. The van der Waals surface area contributed by atoms with Crippen molar-refractivity contribution in [3.05, 3.63) is 59.7 Å². The molecule has 2 aliphatic rings. The van der Waals surface area contributed by atoms with Crippen molar-refractivity contribution >= 4 is 39.0 Å². The van der Waals surface area contributed by atoms with Crippen LogP contribution in [0.3, 0.4) is 0 Å². The van der Waals surface area contributed by atoms with Gasteiger partial charge >= 0.3 is 5.97 Å². The third-order valence-corrected chi connectivity index (χ3v) is 7.03. The quantitative estimate of drug-likeness (QED) is 0.534. The van der Waals surface area contributed by atoms with Crippen LogP contribution in [0.2, 0.25) is 0 Å². The monoisotopic (exact) mass is 413 g/mol. The maximum Gasteiger partial charge on any atom is 0.308 e. The Labute approximate surface area is 171 Å². The first-order valence-electron chi connectivity index (χ1n) is 8.87. The molecule has 4 rings (SSSR count). The molecule has 28 heavy (non-hydrogen) atoms. The molecule has 1 spiro atoms. The molecule has 2 atom stereocenters. The van der Waals surface area contributed by atoms with E-state index < -0.39 is 11.5 Å². The summed E-state index contributed by atoms with van der Waals surface area (Å²) in [6, 6.07) is 15.6. The molecule has 0 radical (unpaired) electrons. The molecule has 0 N–H and O–H groups in total. The van der Waals surface area contributed by atoms with Crippen LogP contribution in [0.15, 0.2) is 53.5 Å². The second-order valence-corrected chi connectivity index (χ2v) is 8.91. The minimum Gasteiger partial charge on any atom is -0.493 e. The van der Waals surface area contributed by atoms with Crippen molar-refractivity contribution in [2.24, 2.45) is 4.99 Å². The minimum absolute atomic E-state index is 0.00235. The van der Waals surface area contributed by atoms with E-state index in [1.165, 1.54) is 31.4 Å². The van der Waals surface area contributed by atoms with Crippen molar-refractivity contribution in [3.8, 4) is 11.5 Å². The predicted octanol–water partition coefficient (Wildman–Crippen LogP) is 4.41. The molecular formula is C21H19NO4S2. The fourth-order valence-electron chi connectivity index (χ4n) is 3.32. The number of rotatable bonds is 5. The van der Waals surface area contributed by atoms with Crippen LogP contribution < -0.4 is 9.47 Å². The Balaban J connectivity index is 1.50. The van der Waals surface area contributed by atoms with Gasteiger partial charge in [0.1, 0.15) is 9.91 Å². The number of nitrogens with zero attached hydrogens (tertiary/aromatic N) is 1. The summed E-state index contributed by atoms with van der Waals surface area (Å²) in [4.78, 5) is 28.8. The van der Waals surface area contributed by atoms with Crippen molar-refractivity contribution in [2.45, 2.75) is 30.6 Å². The van der Waals surface area contributed by atoms with E-state index in [9.17, 15) is 9.59 Å². The number of carbonyl (C=O) groups excluding carboxylic acids is 2. The topological polar surface area (TPSA) is 65.0 Å². The maximum atomic E-state index is 12.7. The lowest BCUT2D eigenvalue weighted by atomic mass is 10.1. The van der Waals surface area contributed by atoms with Crippen molar-refractivity contribution in [1.29, 1.82) is 0 Å². The van der Waals surface area contributed by atoms with Gasteiger partial charge in [0, 0.05) is 18.6 Å². The van der Waals surface area contributed by atoms with E-state index in [0.29, 0.717) is 17.9 Å². The summed E-state index contributed by atoms with van der Waals surface area (Å²) in [5.74, 6) is 1.24. The number of aliphatic imine (C=N–C) groups is 1. The zero-order chi connectivity index (χ0) is 19.7. The molecule has 1 aliphatic carbocycles. The summed E-state index contributed by atoms with van der Waals surface area (Å²) in [6.07, 6.45) is 0.681. The zero-order valence-electron chi connectivity index (χ0n) is 15.5. The van der Waals surface area contributed by atoms with E-state index in [-0.39, 0.29) is 11.0 Å². The second kappa shape index (κ2) is 7.64. The molecular weight excluding hydrogens is 394 g/mol. The standard InChI is InChI=1S/C21H19NO4S2/c1-13(23)26-18-10-15(8-9-17(18)25-2)16-11-21(16)19(24)28-20(22-21)27-12-14-6-4-3-5-7-14/h3-10,16H,11-12H2,1-2H3/t16-,21?/m1/s1. The Bertz CT molecular complexity index is 960. The Kier molecular flexibility index (Phi) is 5.21. The Morgan fingerprint density at radius 1 is 1.25 bits per heavy atom. The van der Waals surface area contributed by atoms with E-state index in [0.717, 1.165) is 15.7 Å². The Morgan fingerprint density at radius 3 is 2.75 bits per heavy atom. The molecule has 0 bridgehead atoms. The number of benzene rings is 2. The van der Waals surface area contributed by atoms with Crippen LogP contribution >= 0.6 is 23.5 Å². The molecule has 1 fully saturated rings. The van der Waals surface area contributed by atoms with Crippen LogP contribution in [-0.2, 0) is 15.3 Å². The molecule has 0 saturated heterocycles. The van der Waals surface area contributed by atoms with Gasteiger partial charge in [-0.25, -0.2) is 0 Å². The molecule has 1 heterocycles. The second-order valence-electron chi connectivity index (χ2n) is 6.73. The average Bonchev–Trinajstić information content (AvgIpc) is 3.32. The van der Waals surface area contributed by atoms with Crippen LogP contribution in [-0.4, -0.2) is 28.1 Å². The van der Waals surface area contributed by atoms with Crippen LogP contribution in [0, 0.1) is 0 Å². The van der Waals surface area contributed by atoms with Crippen molar-refractivity contribution in [2.75, 3.05) is 7.11 Å². The van der Waals surface area contributed by atoms with Gasteiger partial charge in [0.2, 0.25) is 5.12 Å². The number of carbonyl (C=O) groups is 2. The molecule has 2 aromatic carbocycles. The van der Waals surface area contributed by atoms with E-state index in [4.69, 9.17) is 14.5 Å². The van der Waals surface area contributed by atoms with Crippen molar-refractivity contribution < 1.29 is 19.1 Å². The van der Waals surface area contributed by atoms with Crippen LogP contribution in [0.4, 0.5) is 0 Å². The van der Waals surface area contributed by atoms with Gasteiger partial charge in [0.05, 0.1) is 7.11 Å². The van der Waals surface area contributed by atoms with Crippen LogP contribution in [0.1, 0.15) is 30.4 Å². The van der Waals surface area contributed by atoms with Crippen LogP contribution in [0.5, 0.6) is 11.5 Å². The lowest BCUT2D eigenvalue weighted by molar-refractivity contribution is -0.132. The molecule has 0 aromatic heterocycles. The highest BCUT2D eigenvalue weighted by Gasteiger charge is 2.64. The molecule has 1 unspecified atom stereocenters. The van der Waals surface area contributed by atoms with Gasteiger partial charge in [-0.2, -0.15) is 0 Å². The highest BCUT2D eigenvalue weighted by molar-refractivity contribution is 8.45. The summed E-state index contributed by atoms with van der Waals surface area (Å²) in [7, 11) is 1.53. The Morgan fingerprint density at radius 2 is 2.04 bits per heavy atom. The first-order chi connectivity index (χ1) is 13.5. The largest absolute Gasteiger partial charge is 0.493 e. The number of methoxy groups -OCH3 is 1. The predicted molar refractivity (Wildman–Crippen MR) is 112 cm³/mol. The molecule has 144 valence electrons. The molecule has 7 heteroatoms. The summed E-state index contributed by atoms with van der Waals surface area (Å²) in [6.45, 7) is 1.35. The van der Waals surface area contributed by atoms with Gasteiger partial charge in [-0.1, -0.05) is 48.2 Å². The van der Waals surface area contributed by atoms with Crippen molar-refractivity contribution in [3.63, 3.8) is 0 Å². The van der Waals surface area contributed by atoms with Crippen molar-refractivity contribution in [1.82, 2.24) is 0 Å². The third kappa shape index (κ3) is 3.69. The first kappa shape index (κ1) is 19.1. The fourth-order valence-corrected chi connectivity index (χ4v) is 5.48. The van der Waals surface area contributed by atoms with E-state index in [1.54, 1.807) is 23.9 Å². The van der Waals surface area contributed by atoms with Crippen LogP contribution in [0.25, 0.3) is 0 Å². The van der Waals surface area contributed by atoms with E-state index >= 15 is 0 Å². The highest BCUT2D eigenvalue weighted by Crippen LogP contribution is 2.61. The molecule has 5 nitrogen and oxygen atoms in total. The van der Waals surface area contributed by atoms with Gasteiger partial charge in [0.25, 0.3) is 0 Å². The zero-order valence-corrected chi connectivity index (χ0v) is 17.1. The maximum absolute atomic E-state index is 12.7. The highest BCUT2D eigenvalue weighted by atomic mass is 32.2. The number of hydrogen-bond donors (Lipinski definition) is 0. The third-order valence-electron chi connectivity index (χ3n) is 4.80. The number of ether oxygens (including phenoxy) is 2. The molecule has 0 amide bonds. The molecule has 1 aliphatic heterocycles. The lowest BCUT2D eigenvalue weighted by Gasteiger charge is -2.10. The summed E-state index contributed by atoms with van der Waals surface area (Å²) in [5.41, 5.74) is 1.47. The lowest BCUT2D eigenvalue weighted by Crippen LogP contribution is -2.14. The summed E-state index contributed by atoms with van der Waals surface area (Å²) in [5, 5.41) is 0.0953. The molecule has 2 aromatic rings. The number of hydrogen-bond acceptors (Lipinski definition) is 7. The normalized spacial score (nSPS) is 22.9. The van der Waals surface area contributed by atoms with Gasteiger partial charge in [-0.05, 0) is 41.4 Å². The Hall–Kier alpha value is -2.25. The minimum atomic E-state index is -0.675. The number of thioether (sulfide) groups is 2. The van der Waals surface area contributed by atoms with E-state index in [1.807, 2.05) is 24.3 Å². The van der Waals surface area contributed by atoms with E-state index in [2.05, 4.69) is 12.1 Å². The smallest absolute Gasteiger partial charge is 0.308 e. The van der Waals surface area contributed by atoms with Gasteiger partial charge < -0.3 is 9.47 Å². The summed E-state index contributed by atoms with van der Waals surface area (Å²) < 4.78 is 11.3. The van der Waals surface area contributed by atoms with Gasteiger partial charge in [-0.15, -0.1) is 0 Å². The fraction of sp³-hybridized carbons (Fsp3) is 0.286. The van der Waals surface area contributed by atoms with Gasteiger partial charge in [-0.3, -0.25) is 14.6 Å². The summed E-state index contributed by atoms with van der Waals surface area (Å²) >= 11 is 2.84. The average molecular weight is 414 g/mol. The molecule has 1 saturated carbocycles.